The van der Waals surface area contributed by atoms with E-state index < -0.39 is 36.3 Å². The zero-order valence-corrected chi connectivity index (χ0v) is 22.9. The molecule has 1 aromatic heterocycles. The second-order valence-corrected chi connectivity index (χ2v) is 10.3. The van der Waals surface area contributed by atoms with E-state index in [0.717, 1.165) is 22.6 Å². The molecule has 9 nitrogen and oxygen atoms in total. The molecule has 0 N–H and O–H groups in total. The molecule has 2 aromatic carbocycles. The molecule has 2 aliphatic rings. The third-order valence-corrected chi connectivity index (χ3v) is 7.42. The minimum Gasteiger partial charge on any atom is -0.340 e. The molecular weight excluding hydrogens is 549 g/mol. The summed E-state index contributed by atoms with van der Waals surface area (Å²) in [5.41, 5.74) is 1.23. The molecule has 1 aliphatic carbocycles. The van der Waals surface area contributed by atoms with Crippen molar-refractivity contribution < 1.29 is 27.6 Å². The number of halogens is 3. The van der Waals surface area contributed by atoms with Gasteiger partial charge in [-0.3, -0.25) is 19.2 Å². The van der Waals surface area contributed by atoms with Gasteiger partial charge in [-0.1, -0.05) is 18.2 Å². The molecule has 2 heterocycles. The van der Waals surface area contributed by atoms with Crippen molar-refractivity contribution in [2.24, 2.45) is 7.05 Å². The second kappa shape index (κ2) is 11.2. The molecule has 0 spiro atoms. The van der Waals surface area contributed by atoms with E-state index in [2.05, 4.69) is 5.10 Å². The van der Waals surface area contributed by atoms with Crippen LogP contribution in [0.1, 0.15) is 47.6 Å². The number of anilines is 1. The molecular formula is C30H27F3N6O3. The quantitative estimate of drug-likeness (QED) is 0.413. The fraction of sp³-hybridized carbons (Fsp3) is 0.300. The number of rotatable bonds is 6. The lowest BCUT2D eigenvalue weighted by Crippen LogP contribution is -2.54. The van der Waals surface area contributed by atoms with E-state index in [1.165, 1.54) is 21.9 Å². The highest BCUT2D eigenvalue weighted by Gasteiger charge is 2.45. The summed E-state index contributed by atoms with van der Waals surface area (Å²) in [4.78, 5) is 45.0. The predicted molar refractivity (Wildman–Crippen MR) is 145 cm³/mol. The number of alkyl halides is 3. The molecule has 216 valence electrons. The summed E-state index contributed by atoms with van der Waals surface area (Å²) in [6.45, 7) is -0.236. The van der Waals surface area contributed by atoms with Gasteiger partial charge in [-0.2, -0.15) is 23.5 Å². The van der Waals surface area contributed by atoms with E-state index in [4.69, 9.17) is 0 Å². The molecule has 0 fully saturated rings. The molecule has 42 heavy (non-hydrogen) atoms. The van der Waals surface area contributed by atoms with E-state index in [1.54, 1.807) is 55.4 Å². The molecule has 0 saturated heterocycles. The normalized spacial score (nSPS) is 17.3. The number of hydrogen-bond acceptors (Lipinski definition) is 5. The van der Waals surface area contributed by atoms with Gasteiger partial charge in [0, 0.05) is 50.1 Å². The third kappa shape index (κ3) is 5.50. The van der Waals surface area contributed by atoms with Crippen LogP contribution in [-0.2, 0) is 29.4 Å². The molecule has 0 saturated carbocycles. The number of carbonyl (C=O) groups excluding carboxylic acids is 3. The Morgan fingerprint density at radius 1 is 1.14 bits per heavy atom. The van der Waals surface area contributed by atoms with E-state index in [9.17, 15) is 32.8 Å². The maximum absolute atomic E-state index is 14.3. The zero-order chi connectivity index (χ0) is 30.2. The Balaban J connectivity index is 1.62. The summed E-state index contributed by atoms with van der Waals surface area (Å²) in [6.07, 6.45) is -0.375. The van der Waals surface area contributed by atoms with Crippen molar-refractivity contribution in [2.45, 2.75) is 38.0 Å². The average Bonchev–Trinajstić information content (AvgIpc) is 3.37. The van der Waals surface area contributed by atoms with Gasteiger partial charge in [-0.25, -0.2) is 4.79 Å². The molecule has 12 heteroatoms. The first-order valence-corrected chi connectivity index (χ1v) is 13.2. The van der Waals surface area contributed by atoms with Crippen LogP contribution >= 0.6 is 0 Å². The fourth-order valence-corrected chi connectivity index (χ4v) is 5.41. The van der Waals surface area contributed by atoms with E-state index in [-0.39, 0.29) is 30.0 Å². The molecule has 1 unspecified atom stereocenters. The lowest BCUT2D eigenvalue weighted by atomic mass is 9.83. The number of ketones is 1. The minimum absolute atomic E-state index is 0.0449. The number of aromatic nitrogens is 2. The van der Waals surface area contributed by atoms with Gasteiger partial charge in [-0.15, -0.1) is 0 Å². The van der Waals surface area contributed by atoms with Crippen molar-refractivity contribution in [2.75, 3.05) is 18.5 Å². The van der Waals surface area contributed by atoms with Crippen LogP contribution in [0, 0.1) is 11.3 Å². The maximum atomic E-state index is 14.3. The molecule has 3 aromatic rings. The average molecular weight is 577 g/mol. The van der Waals surface area contributed by atoms with Crippen LogP contribution in [0.15, 0.2) is 72.2 Å². The Morgan fingerprint density at radius 2 is 1.88 bits per heavy atom. The summed E-state index contributed by atoms with van der Waals surface area (Å²) < 4.78 is 42.5. The highest BCUT2D eigenvalue weighted by molar-refractivity contribution is 6.07. The van der Waals surface area contributed by atoms with Crippen LogP contribution in [-0.4, -0.2) is 50.9 Å². The highest BCUT2D eigenvalue weighted by Crippen LogP contribution is 2.44. The molecule has 1 atom stereocenters. The Kier molecular flexibility index (Phi) is 7.60. The van der Waals surface area contributed by atoms with Crippen LogP contribution in [0.5, 0.6) is 0 Å². The lowest BCUT2D eigenvalue weighted by Gasteiger charge is -2.45. The van der Waals surface area contributed by atoms with Crippen LogP contribution in [0.25, 0.3) is 0 Å². The fourth-order valence-electron chi connectivity index (χ4n) is 5.41. The zero-order valence-electron chi connectivity index (χ0n) is 22.9. The topological polar surface area (TPSA) is 103 Å². The van der Waals surface area contributed by atoms with Crippen LogP contribution < -0.4 is 4.90 Å². The minimum atomic E-state index is -4.65. The summed E-state index contributed by atoms with van der Waals surface area (Å²) in [6, 6.07) is 11.1. The van der Waals surface area contributed by atoms with Crippen LogP contribution in [0.2, 0.25) is 0 Å². The van der Waals surface area contributed by atoms with Gasteiger partial charge in [0.25, 0.3) is 0 Å². The first-order valence-electron chi connectivity index (χ1n) is 13.2. The van der Waals surface area contributed by atoms with E-state index in [0.29, 0.717) is 29.7 Å². The van der Waals surface area contributed by atoms with Crippen molar-refractivity contribution in [3.63, 3.8) is 0 Å². The van der Waals surface area contributed by atoms with Crippen molar-refractivity contribution in [1.82, 2.24) is 19.6 Å². The summed E-state index contributed by atoms with van der Waals surface area (Å²) in [7, 11) is 3.32. The Labute approximate surface area is 240 Å². The first-order chi connectivity index (χ1) is 20.0. The number of Topliss-reactive ketones (excluding diaryl/α,β-unsaturated/α-hetero) is 1. The lowest BCUT2D eigenvalue weighted by molar-refractivity contribution is -0.137. The van der Waals surface area contributed by atoms with Crippen LogP contribution in [0.3, 0.4) is 0 Å². The molecule has 0 radical (unpaired) electrons. The summed E-state index contributed by atoms with van der Waals surface area (Å²) in [5.74, 6) is -0.696. The standard InChI is InChI=1S/C30H27F3N6O3/c1-36(16-20-15-35-37(2)17-20)26(41)18-38-28(21-11-9-19(14-34)10-12-21)27-24(7-4-8-25(27)40)39(29(38)42)23-6-3-5-22(13-23)30(31,32)33/h3,5-6,9-13,15,17,28H,4,7-8,16,18H2,1-2H3. The number of likely N-dealkylation sites (N-methyl/N-ethyl adjacent to an activating group) is 1. The van der Waals surface area contributed by atoms with Gasteiger partial charge in [0.2, 0.25) is 5.91 Å². The summed E-state index contributed by atoms with van der Waals surface area (Å²) >= 11 is 0. The summed E-state index contributed by atoms with van der Waals surface area (Å²) in [5, 5.41) is 13.4. The SMILES string of the molecule is CN(Cc1cnn(C)c1)C(=O)CN1C(=O)N(c2cccc(C(F)(F)F)c2)C2=C(C(=O)CCC2)C1c1ccc(C#N)cc1. The van der Waals surface area contributed by atoms with Crippen molar-refractivity contribution >= 4 is 23.4 Å². The maximum Gasteiger partial charge on any atom is 0.416 e. The second-order valence-electron chi connectivity index (χ2n) is 10.3. The number of allylic oxidation sites excluding steroid dienone is 1. The number of nitriles is 1. The number of amides is 3. The molecule has 5 rings (SSSR count). The predicted octanol–water partition coefficient (Wildman–Crippen LogP) is 4.96. The molecule has 3 amide bonds. The first kappa shape index (κ1) is 28.6. The Bertz CT molecular complexity index is 1620. The Morgan fingerprint density at radius 3 is 2.52 bits per heavy atom. The van der Waals surface area contributed by atoms with Crippen LogP contribution in [0.4, 0.5) is 23.7 Å². The number of carbonyl (C=O) groups is 3. The largest absolute Gasteiger partial charge is 0.416 e. The van der Waals surface area contributed by atoms with Crippen molar-refractivity contribution in [3.8, 4) is 6.07 Å². The van der Waals surface area contributed by atoms with E-state index >= 15 is 0 Å². The van der Waals surface area contributed by atoms with Gasteiger partial charge in [0.1, 0.15) is 6.54 Å². The molecule has 1 aliphatic heterocycles. The van der Waals surface area contributed by atoms with Gasteiger partial charge >= 0.3 is 12.2 Å². The monoisotopic (exact) mass is 576 g/mol. The highest BCUT2D eigenvalue weighted by atomic mass is 19.4. The number of nitrogens with zero attached hydrogens (tertiary/aromatic N) is 6. The number of hydrogen-bond donors (Lipinski definition) is 0. The third-order valence-electron chi connectivity index (χ3n) is 7.42. The van der Waals surface area contributed by atoms with Gasteiger partial charge in [0.15, 0.2) is 5.78 Å². The molecule has 0 bridgehead atoms. The number of benzene rings is 2. The number of urea groups is 1. The number of aryl methyl sites for hydroxylation is 1. The van der Waals surface area contributed by atoms with Crippen molar-refractivity contribution in [1.29, 1.82) is 5.26 Å². The Hall–Kier alpha value is -4.92. The van der Waals surface area contributed by atoms with Crippen molar-refractivity contribution in [3.05, 3.63) is 94.4 Å². The van der Waals surface area contributed by atoms with Gasteiger partial charge < -0.3 is 9.80 Å². The van der Waals surface area contributed by atoms with Gasteiger partial charge in [0.05, 0.1) is 35.1 Å². The smallest absolute Gasteiger partial charge is 0.340 e. The van der Waals surface area contributed by atoms with Gasteiger partial charge in [-0.05, 0) is 48.7 Å². The van der Waals surface area contributed by atoms with E-state index in [1.807, 2.05) is 6.07 Å².